The largest absolute Gasteiger partial charge is 0.395 e. The molecule has 54 valence electrons. The maximum absolute atomic E-state index is 8.55. The van der Waals surface area contributed by atoms with E-state index in [0.717, 1.165) is 19.6 Å². The SMILES string of the molecule is NC(CO)CN1CCC1. The standard InChI is InChI=1S/C6H14N2O/c7-6(5-9)4-8-2-1-3-8/h6,9H,1-5,7H2. The van der Waals surface area contributed by atoms with Crippen LogP contribution in [0.15, 0.2) is 0 Å². The fraction of sp³-hybridized carbons (Fsp3) is 1.00. The molecule has 3 N–H and O–H groups in total. The Morgan fingerprint density at radius 1 is 1.56 bits per heavy atom. The fourth-order valence-electron chi connectivity index (χ4n) is 0.954. The summed E-state index contributed by atoms with van der Waals surface area (Å²) < 4.78 is 0. The van der Waals surface area contributed by atoms with Gasteiger partial charge in [0.15, 0.2) is 0 Å². The molecule has 3 heteroatoms. The zero-order valence-electron chi connectivity index (χ0n) is 5.58. The average molecular weight is 130 g/mol. The molecule has 3 nitrogen and oxygen atoms in total. The first kappa shape index (κ1) is 6.99. The third-order valence-electron chi connectivity index (χ3n) is 1.68. The van der Waals surface area contributed by atoms with Crippen molar-refractivity contribution in [1.29, 1.82) is 0 Å². The number of nitrogens with two attached hydrogens (primary N) is 1. The number of hydrogen-bond donors (Lipinski definition) is 2. The molecule has 1 rings (SSSR count). The van der Waals surface area contributed by atoms with E-state index in [9.17, 15) is 0 Å². The Morgan fingerprint density at radius 2 is 2.22 bits per heavy atom. The van der Waals surface area contributed by atoms with Crippen LogP contribution < -0.4 is 5.73 Å². The van der Waals surface area contributed by atoms with Crippen molar-refractivity contribution in [2.24, 2.45) is 5.73 Å². The normalized spacial score (nSPS) is 23.3. The fourth-order valence-corrected chi connectivity index (χ4v) is 0.954. The van der Waals surface area contributed by atoms with E-state index >= 15 is 0 Å². The predicted octanol–water partition coefficient (Wildman–Crippen LogP) is -0.988. The van der Waals surface area contributed by atoms with Gasteiger partial charge in [0.1, 0.15) is 0 Å². The summed E-state index contributed by atoms with van der Waals surface area (Å²) >= 11 is 0. The number of likely N-dealkylation sites (tertiary alicyclic amines) is 1. The van der Waals surface area contributed by atoms with E-state index in [2.05, 4.69) is 4.90 Å². The molecule has 1 unspecified atom stereocenters. The van der Waals surface area contributed by atoms with Gasteiger partial charge >= 0.3 is 0 Å². The number of aliphatic hydroxyl groups excluding tert-OH is 1. The molecular weight excluding hydrogens is 116 g/mol. The van der Waals surface area contributed by atoms with Crippen molar-refractivity contribution in [3.63, 3.8) is 0 Å². The van der Waals surface area contributed by atoms with Gasteiger partial charge in [0.2, 0.25) is 0 Å². The van der Waals surface area contributed by atoms with Crippen molar-refractivity contribution in [1.82, 2.24) is 4.90 Å². The lowest BCUT2D eigenvalue weighted by molar-refractivity contribution is 0.146. The molecule has 0 aliphatic carbocycles. The van der Waals surface area contributed by atoms with Gasteiger partial charge in [-0.05, 0) is 19.5 Å². The van der Waals surface area contributed by atoms with E-state index < -0.39 is 0 Å². The molecule has 1 fully saturated rings. The second-order valence-electron chi connectivity index (χ2n) is 2.60. The molecule has 1 heterocycles. The maximum Gasteiger partial charge on any atom is 0.0595 e. The first-order chi connectivity index (χ1) is 4.33. The van der Waals surface area contributed by atoms with Crippen LogP contribution in [0.1, 0.15) is 6.42 Å². The first-order valence-corrected chi connectivity index (χ1v) is 3.41. The van der Waals surface area contributed by atoms with Crippen molar-refractivity contribution >= 4 is 0 Å². The summed E-state index contributed by atoms with van der Waals surface area (Å²) in [6.07, 6.45) is 1.29. The highest BCUT2D eigenvalue weighted by molar-refractivity contribution is 4.73. The van der Waals surface area contributed by atoms with Crippen LogP contribution in [0.2, 0.25) is 0 Å². The van der Waals surface area contributed by atoms with Crippen LogP contribution in [-0.2, 0) is 0 Å². The average Bonchev–Trinajstić information content (AvgIpc) is 1.78. The van der Waals surface area contributed by atoms with Crippen LogP contribution in [-0.4, -0.2) is 42.3 Å². The van der Waals surface area contributed by atoms with Crippen molar-refractivity contribution < 1.29 is 5.11 Å². The van der Waals surface area contributed by atoms with E-state index in [-0.39, 0.29) is 12.6 Å². The van der Waals surface area contributed by atoms with E-state index in [1.54, 1.807) is 0 Å². The summed E-state index contributed by atoms with van der Waals surface area (Å²) in [6, 6.07) is -0.0368. The first-order valence-electron chi connectivity index (χ1n) is 3.41. The summed E-state index contributed by atoms with van der Waals surface area (Å²) in [5.74, 6) is 0. The Morgan fingerprint density at radius 3 is 2.56 bits per heavy atom. The van der Waals surface area contributed by atoms with Crippen molar-refractivity contribution in [2.45, 2.75) is 12.5 Å². The Kier molecular flexibility index (Phi) is 2.45. The molecular formula is C6H14N2O. The highest BCUT2D eigenvalue weighted by Crippen LogP contribution is 2.04. The Balaban J connectivity index is 2.01. The molecule has 0 aromatic rings. The van der Waals surface area contributed by atoms with E-state index in [1.807, 2.05) is 0 Å². The molecule has 0 aromatic carbocycles. The molecule has 0 bridgehead atoms. The van der Waals surface area contributed by atoms with E-state index in [4.69, 9.17) is 10.8 Å². The van der Waals surface area contributed by atoms with Gasteiger partial charge in [0.05, 0.1) is 6.61 Å². The third kappa shape index (κ3) is 1.93. The minimum atomic E-state index is -0.0368. The third-order valence-corrected chi connectivity index (χ3v) is 1.68. The van der Waals surface area contributed by atoms with E-state index in [1.165, 1.54) is 6.42 Å². The number of rotatable bonds is 3. The summed E-state index contributed by atoms with van der Waals surface area (Å²) in [7, 11) is 0. The smallest absolute Gasteiger partial charge is 0.0595 e. The minimum absolute atomic E-state index is 0.0368. The Labute approximate surface area is 55.5 Å². The molecule has 0 aromatic heterocycles. The number of nitrogens with zero attached hydrogens (tertiary/aromatic N) is 1. The lowest BCUT2D eigenvalue weighted by atomic mass is 10.2. The van der Waals surface area contributed by atoms with Gasteiger partial charge in [0.25, 0.3) is 0 Å². The van der Waals surface area contributed by atoms with Crippen LogP contribution in [0.25, 0.3) is 0 Å². The molecule has 1 aliphatic heterocycles. The van der Waals surface area contributed by atoms with Crippen molar-refractivity contribution in [2.75, 3.05) is 26.2 Å². The second kappa shape index (κ2) is 3.15. The topological polar surface area (TPSA) is 49.5 Å². The monoisotopic (exact) mass is 130 g/mol. The summed E-state index contributed by atoms with van der Waals surface area (Å²) in [6.45, 7) is 3.29. The zero-order valence-corrected chi connectivity index (χ0v) is 5.58. The minimum Gasteiger partial charge on any atom is -0.395 e. The summed E-state index contributed by atoms with van der Waals surface area (Å²) in [4.78, 5) is 2.25. The number of aliphatic hydroxyl groups is 1. The van der Waals surface area contributed by atoms with Gasteiger partial charge in [-0.15, -0.1) is 0 Å². The maximum atomic E-state index is 8.55. The van der Waals surface area contributed by atoms with Crippen LogP contribution in [0.5, 0.6) is 0 Å². The highest BCUT2D eigenvalue weighted by atomic mass is 16.3. The van der Waals surface area contributed by atoms with Crippen LogP contribution in [0.4, 0.5) is 0 Å². The predicted molar refractivity (Wildman–Crippen MR) is 36.1 cm³/mol. The van der Waals surface area contributed by atoms with Crippen LogP contribution in [0.3, 0.4) is 0 Å². The highest BCUT2D eigenvalue weighted by Gasteiger charge is 2.15. The van der Waals surface area contributed by atoms with Crippen molar-refractivity contribution in [3.05, 3.63) is 0 Å². The number of hydrogen-bond acceptors (Lipinski definition) is 3. The second-order valence-corrected chi connectivity index (χ2v) is 2.60. The molecule has 1 aliphatic rings. The Hall–Kier alpha value is -0.120. The van der Waals surface area contributed by atoms with Gasteiger partial charge < -0.3 is 15.7 Å². The molecule has 1 atom stereocenters. The lowest BCUT2D eigenvalue weighted by Crippen LogP contribution is -2.46. The van der Waals surface area contributed by atoms with Crippen molar-refractivity contribution in [3.8, 4) is 0 Å². The van der Waals surface area contributed by atoms with Gasteiger partial charge in [-0.1, -0.05) is 0 Å². The molecule has 0 amide bonds. The summed E-state index contributed by atoms with van der Waals surface area (Å²) in [5, 5.41) is 8.55. The van der Waals surface area contributed by atoms with Gasteiger partial charge in [0, 0.05) is 12.6 Å². The lowest BCUT2D eigenvalue weighted by Gasteiger charge is -2.32. The summed E-state index contributed by atoms with van der Waals surface area (Å²) in [5.41, 5.74) is 5.49. The van der Waals surface area contributed by atoms with Crippen LogP contribution >= 0.6 is 0 Å². The Bertz CT molecular complexity index is 80.4. The van der Waals surface area contributed by atoms with Gasteiger partial charge in [-0.25, -0.2) is 0 Å². The van der Waals surface area contributed by atoms with E-state index in [0.29, 0.717) is 0 Å². The van der Waals surface area contributed by atoms with Gasteiger partial charge in [-0.2, -0.15) is 0 Å². The zero-order chi connectivity index (χ0) is 6.69. The van der Waals surface area contributed by atoms with Crippen LogP contribution in [0, 0.1) is 0 Å². The molecule has 0 spiro atoms. The molecule has 1 saturated heterocycles. The van der Waals surface area contributed by atoms with Gasteiger partial charge in [-0.3, -0.25) is 0 Å². The molecule has 9 heavy (non-hydrogen) atoms. The molecule has 0 radical (unpaired) electrons. The molecule has 0 saturated carbocycles. The quantitative estimate of drug-likeness (QED) is 0.516.